The van der Waals surface area contributed by atoms with Crippen LogP contribution < -0.4 is 20.1 Å². The highest BCUT2D eigenvalue weighted by Crippen LogP contribution is 2.38. The number of urea groups is 1. The Bertz CT molecular complexity index is 633. The Morgan fingerprint density at radius 1 is 1.36 bits per heavy atom. The first kappa shape index (κ1) is 18.8. The van der Waals surface area contributed by atoms with Crippen LogP contribution in [0.1, 0.15) is 24.4 Å². The zero-order valence-corrected chi connectivity index (χ0v) is 14.7. The first-order chi connectivity index (χ1) is 12.1. The molecule has 7 nitrogen and oxygen atoms in total. The van der Waals surface area contributed by atoms with Crippen molar-refractivity contribution in [3.63, 3.8) is 0 Å². The summed E-state index contributed by atoms with van der Waals surface area (Å²) < 4.78 is 10.8. The van der Waals surface area contributed by atoms with E-state index in [9.17, 15) is 9.59 Å². The van der Waals surface area contributed by atoms with Crippen LogP contribution in [0.5, 0.6) is 11.5 Å². The highest BCUT2D eigenvalue weighted by molar-refractivity contribution is 5.95. The Labute approximate surface area is 148 Å². The molecule has 0 aromatic heterocycles. The molecule has 0 aliphatic carbocycles. The molecule has 2 rings (SSSR count). The first-order valence-corrected chi connectivity index (χ1v) is 8.23. The maximum atomic E-state index is 12.1. The maximum Gasteiger partial charge on any atom is 0.321 e. The second-order valence-electron chi connectivity index (χ2n) is 5.78. The van der Waals surface area contributed by atoms with Crippen LogP contribution >= 0.6 is 0 Å². The first-order valence-electron chi connectivity index (χ1n) is 8.23. The van der Waals surface area contributed by atoms with E-state index in [1.165, 1.54) is 0 Å². The van der Waals surface area contributed by atoms with E-state index in [0.29, 0.717) is 6.54 Å². The van der Waals surface area contributed by atoms with Gasteiger partial charge in [-0.05, 0) is 37.6 Å². The number of nitrogens with one attached hydrogen (secondary N) is 2. The molecule has 0 radical (unpaired) electrons. The average molecular weight is 347 g/mol. The molecule has 0 bridgehead atoms. The second-order valence-corrected chi connectivity index (χ2v) is 5.78. The van der Waals surface area contributed by atoms with Crippen LogP contribution in [-0.4, -0.2) is 50.7 Å². The highest BCUT2D eigenvalue weighted by atomic mass is 16.5. The standard InChI is InChI=1S/C18H25N3O4/c1-4-9-19-18(23)20-17(22)12-21-10-5-6-15(21)14-11-13(24-2)7-8-16(14)25-3/h4,7-8,11,15H,1,5-6,9-10,12H2,2-3H3,(H2,19,20,22,23)/t15-/m0/s1. The molecule has 136 valence electrons. The van der Waals surface area contributed by atoms with Crippen molar-refractivity contribution < 1.29 is 19.1 Å². The molecule has 1 saturated heterocycles. The molecule has 1 aromatic carbocycles. The van der Waals surface area contributed by atoms with Gasteiger partial charge in [-0.3, -0.25) is 15.0 Å². The number of imide groups is 1. The number of carbonyl (C=O) groups is 2. The van der Waals surface area contributed by atoms with Crippen molar-refractivity contribution in [3.05, 3.63) is 36.4 Å². The number of likely N-dealkylation sites (tertiary alicyclic amines) is 1. The fraction of sp³-hybridized carbons (Fsp3) is 0.444. The number of ether oxygens (including phenoxy) is 2. The summed E-state index contributed by atoms with van der Waals surface area (Å²) in [5.74, 6) is 1.17. The van der Waals surface area contributed by atoms with Crippen molar-refractivity contribution in [2.24, 2.45) is 0 Å². The van der Waals surface area contributed by atoms with E-state index in [1.807, 2.05) is 23.1 Å². The molecule has 1 fully saturated rings. The Balaban J connectivity index is 2.06. The minimum absolute atomic E-state index is 0.0482. The van der Waals surface area contributed by atoms with Gasteiger partial charge in [-0.25, -0.2) is 4.79 Å². The molecule has 1 aliphatic rings. The third kappa shape index (κ3) is 4.96. The second kappa shape index (κ2) is 9.08. The molecular formula is C18H25N3O4. The number of hydrogen-bond donors (Lipinski definition) is 2. The van der Waals surface area contributed by atoms with Gasteiger partial charge in [0.25, 0.3) is 0 Å². The SMILES string of the molecule is C=CCNC(=O)NC(=O)CN1CCC[C@H]1c1cc(OC)ccc1OC. The summed E-state index contributed by atoms with van der Waals surface area (Å²) in [6.07, 6.45) is 3.44. The summed E-state index contributed by atoms with van der Waals surface area (Å²) in [6.45, 7) is 4.75. The third-order valence-corrected chi connectivity index (χ3v) is 4.17. The maximum absolute atomic E-state index is 12.1. The van der Waals surface area contributed by atoms with E-state index >= 15 is 0 Å². The Kier molecular flexibility index (Phi) is 6.82. The lowest BCUT2D eigenvalue weighted by Gasteiger charge is -2.25. The van der Waals surface area contributed by atoms with Crippen molar-refractivity contribution in [2.45, 2.75) is 18.9 Å². The molecule has 0 spiro atoms. The van der Waals surface area contributed by atoms with Gasteiger partial charge in [-0.2, -0.15) is 0 Å². The molecule has 25 heavy (non-hydrogen) atoms. The van der Waals surface area contributed by atoms with E-state index in [2.05, 4.69) is 17.2 Å². The number of amides is 3. The lowest BCUT2D eigenvalue weighted by molar-refractivity contribution is -0.121. The molecule has 0 unspecified atom stereocenters. The van der Waals surface area contributed by atoms with Crippen molar-refractivity contribution in [2.75, 3.05) is 33.9 Å². The summed E-state index contributed by atoms with van der Waals surface area (Å²) >= 11 is 0. The summed E-state index contributed by atoms with van der Waals surface area (Å²) in [7, 11) is 3.24. The normalized spacial score (nSPS) is 17.0. The number of nitrogens with zero attached hydrogens (tertiary/aromatic N) is 1. The van der Waals surface area contributed by atoms with E-state index in [0.717, 1.165) is 36.4 Å². The fourth-order valence-electron chi connectivity index (χ4n) is 3.03. The molecule has 1 aromatic rings. The molecule has 0 saturated carbocycles. The molecule has 7 heteroatoms. The number of carbonyl (C=O) groups excluding carboxylic acids is 2. The van der Waals surface area contributed by atoms with E-state index in [-0.39, 0.29) is 18.5 Å². The zero-order chi connectivity index (χ0) is 18.2. The van der Waals surface area contributed by atoms with Crippen molar-refractivity contribution in [1.29, 1.82) is 0 Å². The predicted octanol–water partition coefficient (Wildman–Crippen LogP) is 1.85. The largest absolute Gasteiger partial charge is 0.497 e. The van der Waals surface area contributed by atoms with Gasteiger partial charge in [0.2, 0.25) is 5.91 Å². The minimum Gasteiger partial charge on any atom is -0.497 e. The molecular weight excluding hydrogens is 322 g/mol. The topological polar surface area (TPSA) is 79.9 Å². The average Bonchev–Trinajstić information content (AvgIpc) is 3.06. The molecule has 1 aliphatic heterocycles. The lowest BCUT2D eigenvalue weighted by Crippen LogP contribution is -2.44. The zero-order valence-electron chi connectivity index (χ0n) is 14.7. The van der Waals surface area contributed by atoms with Crippen LogP contribution in [0.15, 0.2) is 30.9 Å². The van der Waals surface area contributed by atoms with Gasteiger partial charge in [0.05, 0.1) is 20.8 Å². The number of rotatable bonds is 7. The number of benzene rings is 1. The van der Waals surface area contributed by atoms with Crippen LogP contribution in [-0.2, 0) is 4.79 Å². The summed E-state index contributed by atoms with van der Waals surface area (Å²) in [5, 5.41) is 4.85. The summed E-state index contributed by atoms with van der Waals surface area (Å²) in [4.78, 5) is 25.8. The van der Waals surface area contributed by atoms with Gasteiger partial charge in [0.1, 0.15) is 11.5 Å². The van der Waals surface area contributed by atoms with Crippen LogP contribution in [0.3, 0.4) is 0 Å². The van der Waals surface area contributed by atoms with Gasteiger partial charge >= 0.3 is 6.03 Å². The molecule has 1 heterocycles. The van der Waals surface area contributed by atoms with Gasteiger partial charge in [-0.1, -0.05) is 6.08 Å². The van der Waals surface area contributed by atoms with Crippen LogP contribution in [0.25, 0.3) is 0 Å². The van der Waals surface area contributed by atoms with E-state index in [4.69, 9.17) is 9.47 Å². The van der Waals surface area contributed by atoms with Gasteiger partial charge in [0.15, 0.2) is 0 Å². The molecule has 3 amide bonds. The Morgan fingerprint density at radius 3 is 2.84 bits per heavy atom. The van der Waals surface area contributed by atoms with Crippen molar-refractivity contribution >= 4 is 11.9 Å². The Morgan fingerprint density at radius 2 is 2.16 bits per heavy atom. The highest BCUT2D eigenvalue weighted by Gasteiger charge is 2.30. The number of methoxy groups -OCH3 is 2. The van der Waals surface area contributed by atoms with Crippen LogP contribution in [0.4, 0.5) is 4.79 Å². The van der Waals surface area contributed by atoms with E-state index < -0.39 is 6.03 Å². The molecule has 2 N–H and O–H groups in total. The quantitative estimate of drug-likeness (QED) is 0.736. The smallest absolute Gasteiger partial charge is 0.321 e. The minimum atomic E-state index is -0.514. The lowest BCUT2D eigenvalue weighted by atomic mass is 10.0. The van der Waals surface area contributed by atoms with Gasteiger partial charge in [0, 0.05) is 18.2 Å². The van der Waals surface area contributed by atoms with Crippen LogP contribution in [0.2, 0.25) is 0 Å². The Hall–Kier alpha value is -2.54. The predicted molar refractivity (Wildman–Crippen MR) is 94.8 cm³/mol. The van der Waals surface area contributed by atoms with Crippen LogP contribution in [0, 0.1) is 0 Å². The van der Waals surface area contributed by atoms with E-state index in [1.54, 1.807) is 20.3 Å². The molecule has 1 atom stereocenters. The van der Waals surface area contributed by atoms with Crippen molar-refractivity contribution in [1.82, 2.24) is 15.5 Å². The van der Waals surface area contributed by atoms with Gasteiger partial charge in [-0.15, -0.1) is 6.58 Å². The summed E-state index contributed by atoms with van der Waals surface area (Å²) in [6, 6.07) is 5.19. The van der Waals surface area contributed by atoms with Crippen molar-refractivity contribution in [3.8, 4) is 11.5 Å². The monoisotopic (exact) mass is 347 g/mol. The summed E-state index contributed by atoms with van der Waals surface area (Å²) in [5.41, 5.74) is 0.989. The fourth-order valence-corrected chi connectivity index (χ4v) is 3.03. The van der Waals surface area contributed by atoms with Gasteiger partial charge < -0.3 is 14.8 Å². The number of hydrogen-bond acceptors (Lipinski definition) is 5. The third-order valence-electron chi connectivity index (χ3n) is 4.17.